The molecule has 0 atom stereocenters. The first kappa shape index (κ1) is 14.0. The lowest BCUT2D eigenvalue weighted by atomic mass is 10.2. The van der Waals surface area contributed by atoms with Gasteiger partial charge in [-0.25, -0.2) is 4.98 Å². The first-order chi connectivity index (χ1) is 10.5. The van der Waals surface area contributed by atoms with Crippen LogP contribution in [0.15, 0.2) is 36.5 Å². The summed E-state index contributed by atoms with van der Waals surface area (Å²) >= 11 is 0. The number of aldehydes is 1. The van der Waals surface area contributed by atoms with Crippen molar-refractivity contribution < 1.29 is 18.0 Å². The lowest BCUT2D eigenvalue weighted by Gasteiger charge is -2.07. The zero-order chi connectivity index (χ0) is 15.7. The molecule has 0 aliphatic carbocycles. The van der Waals surface area contributed by atoms with Crippen LogP contribution in [-0.4, -0.2) is 25.9 Å². The van der Waals surface area contributed by atoms with Crippen LogP contribution in [0.1, 0.15) is 16.2 Å². The number of fused-ring (bicyclic) bond motifs is 1. The van der Waals surface area contributed by atoms with Crippen LogP contribution in [0.3, 0.4) is 0 Å². The van der Waals surface area contributed by atoms with Crippen LogP contribution < -0.4 is 5.32 Å². The van der Waals surface area contributed by atoms with Gasteiger partial charge in [0.05, 0.1) is 5.56 Å². The minimum absolute atomic E-state index is 0.0745. The van der Waals surface area contributed by atoms with Gasteiger partial charge in [0.2, 0.25) is 5.95 Å². The van der Waals surface area contributed by atoms with E-state index in [1.807, 2.05) is 0 Å². The number of hydrogen-bond acceptors (Lipinski definition) is 5. The molecule has 2 aromatic heterocycles. The molecular formula is C13H8F3N5O. The Morgan fingerprint density at radius 1 is 1.14 bits per heavy atom. The number of benzene rings is 1. The highest BCUT2D eigenvalue weighted by molar-refractivity contribution is 5.70. The number of halogens is 3. The molecule has 2 heterocycles. The third-order valence-electron chi connectivity index (χ3n) is 2.85. The Hall–Kier alpha value is -2.97. The highest BCUT2D eigenvalue weighted by Crippen LogP contribution is 2.30. The molecule has 0 aliphatic rings. The van der Waals surface area contributed by atoms with Crippen molar-refractivity contribution in [2.24, 2.45) is 0 Å². The number of aromatic nitrogens is 4. The molecule has 9 heteroatoms. The lowest BCUT2D eigenvalue weighted by Crippen LogP contribution is -2.04. The van der Waals surface area contributed by atoms with E-state index in [1.165, 1.54) is 22.8 Å². The summed E-state index contributed by atoms with van der Waals surface area (Å²) in [5.74, 6) is 0.223. The zero-order valence-corrected chi connectivity index (χ0v) is 10.9. The highest BCUT2D eigenvalue weighted by atomic mass is 19.4. The smallest absolute Gasteiger partial charge is 0.323 e. The van der Waals surface area contributed by atoms with Crippen molar-refractivity contribution in [3.63, 3.8) is 0 Å². The van der Waals surface area contributed by atoms with E-state index in [1.54, 1.807) is 6.07 Å². The normalized spacial score (nSPS) is 11.6. The van der Waals surface area contributed by atoms with Crippen LogP contribution in [0.25, 0.3) is 5.65 Å². The molecule has 0 saturated heterocycles. The van der Waals surface area contributed by atoms with Crippen molar-refractivity contribution in [2.45, 2.75) is 6.18 Å². The fraction of sp³-hybridized carbons (Fsp3) is 0.0769. The molecule has 22 heavy (non-hydrogen) atoms. The number of anilines is 2. The summed E-state index contributed by atoms with van der Waals surface area (Å²) < 4.78 is 38.7. The number of nitrogens with zero attached hydrogens (tertiary/aromatic N) is 4. The largest absolute Gasteiger partial charge is 0.416 e. The Bertz CT molecular complexity index is 826. The number of alkyl halides is 3. The van der Waals surface area contributed by atoms with E-state index in [0.717, 1.165) is 12.1 Å². The van der Waals surface area contributed by atoms with E-state index < -0.39 is 11.7 Å². The van der Waals surface area contributed by atoms with Gasteiger partial charge in [0.15, 0.2) is 17.8 Å². The second kappa shape index (κ2) is 5.10. The third kappa shape index (κ3) is 2.60. The van der Waals surface area contributed by atoms with Gasteiger partial charge >= 0.3 is 6.18 Å². The van der Waals surface area contributed by atoms with Gasteiger partial charge in [-0.15, -0.1) is 5.10 Å². The molecule has 3 aromatic rings. The Morgan fingerprint density at radius 2 is 1.86 bits per heavy atom. The van der Waals surface area contributed by atoms with Crippen LogP contribution in [0.4, 0.5) is 24.8 Å². The van der Waals surface area contributed by atoms with Gasteiger partial charge in [-0.05, 0) is 24.3 Å². The summed E-state index contributed by atoms with van der Waals surface area (Å²) in [5, 5.41) is 6.80. The molecule has 0 spiro atoms. The number of hydrogen-bond donors (Lipinski definition) is 1. The molecular weight excluding hydrogens is 299 g/mol. The van der Waals surface area contributed by atoms with E-state index in [4.69, 9.17) is 0 Å². The van der Waals surface area contributed by atoms with Crippen molar-refractivity contribution in [3.05, 3.63) is 47.9 Å². The summed E-state index contributed by atoms with van der Waals surface area (Å²) in [7, 11) is 0. The van der Waals surface area contributed by atoms with Crippen molar-refractivity contribution in [3.8, 4) is 0 Å². The van der Waals surface area contributed by atoms with Gasteiger partial charge in [0.25, 0.3) is 0 Å². The molecule has 0 amide bonds. The zero-order valence-electron chi connectivity index (χ0n) is 10.9. The van der Waals surface area contributed by atoms with E-state index >= 15 is 0 Å². The van der Waals surface area contributed by atoms with E-state index in [2.05, 4.69) is 20.4 Å². The Morgan fingerprint density at radius 3 is 2.50 bits per heavy atom. The minimum Gasteiger partial charge on any atom is -0.323 e. The van der Waals surface area contributed by atoms with E-state index in [0.29, 0.717) is 17.6 Å². The van der Waals surface area contributed by atoms with Crippen LogP contribution in [0, 0.1) is 0 Å². The molecule has 0 aliphatic heterocycles. The van der Waals surface area contributed by atoms with Gasteiger partial charge in [0.1, 0.15) is 0 Å². The Balaban J connectivity index is 1.88. The summed E-state index contributed by atoms with van der Waals surface area (Å²) in [6, 6.07) is 6.01. The molecule has 112 valence electrons. The SMILES string of the molecule is O=Cc1nccc2nc(Nc3ccc(C(F)(F)F)cc3)nn12. The number of nitrogens with one attached hydrogen (secondary N) is 1. The van der Waals surface area contributed by atoms with Gasteiger partial charge in [-0.3, -0.25) is 4.79 Å². The molecule has 0 fully saturated rings. The van der Waals surface area contributed by atoms with Crippen LogP contribution >= 0.6 is 0 Å². The van der Waals surface area contributed by atoms with Gasteiger partial charge in [-0.2, -0.15) is 22.7 Å². The maximum atomic E-state index is 12.5. The third-order valence-corrected chi connectivity index (χ3v) is 2.85. The highest BCUT2D eigenvalue weighted by Gasteiger charge is 2.29. The molecule has 1 aromatic carbocycles. The molecule has 3 rings (SSSR count). The molecule has 0 saturated carbocycles. The average molecular weight is 307 g/mol. The number of rotatable bonds is 3. The standard InChI is InChI=1S/C13H8F3N5O/c14-13(15,16)8-1-3-9(4-2-8)18-12-19-10-5-6-17-11(7-22)21(10)20-12/h1-7H,(H,18,20). The maximum absolute atomic E-state index is 12.5. The van der Waals surface area contributed by atoms with E-state index in [9.17, 15) is 18.0 Å². The van der Waals surface area contributed by atoms with Gasteiger partial charge in [-0.1, -0.05) is 0 Å². The Labute approximate surface area is 121 Å². The second-order valence-electron chi connectivity index (χ2n) is 4.33. The topological polar surface area (TPSA) is 72.2 Å². The van der Waals surface area contributed by atoms with Crippen molar-refractivity contribution in [2.75, 3.05) is 5.32 Å². The maximum Gasteiger partial charge on any atom is 0.416 e. The van der Waals surface area contributed by atoms with Crippen LogP contribution in [0.2, 0.25) is 0 Å². The monoisotopic (exact) mass is 307 g/mol. The molecule has 1 N–H and O–H groups in total. The Kier molecular flexibility index (Phi) is 3.24. The summed E-state index contributed by atoms with van der Waals surface area (Å²) in [6.07, 6.45) is -2.44. The van der Waals surface area contributed by atoms with Crippen LogP contribution in [-0.2, 0) is 6.18 Å². The molecule has 0 bridgehead atoms. The minimum atomic E-state index is -4.38. The summed E-state index contributed by atoms with van der Waals surface area (Å²) in [4.78, 5) is 18.8. The average Bonchev–Trinajstić information content (AvgIpc) is 2.89. The van der Waals surface area contributed by atoms with Crippen molar-refractivity contribution in [1.29, 1.82) is 0 Å². The fourth-order valence-electron chi connectivity index (χ4n) is 1.84. The molecule has 0 unspecified atom stereocenters. The fourth-order valence-corrected chi connectivity index (χ4v) is 1.84. The van der Waals surface area contributed by atoms with Gasteiger partial charge < -0.3 is 5.32 Å². The van der Waals surface area contributed by atoms with Gasteiger partial charge in [0, 0.05) is 18.0 Å². The predicted molar refractivity (Wildman–Crippen MR) is 70.9 cm³/mol. The molecule has 6 nitrogen and oxygen atoms in total. The first-order valence-corrected chi connectivity index (χ1v) is 6.08. The quantitative estimate of drug-likeness (QED) is 0.753. The number of carbonyl (C=O) groups is 1. The lowest BCUT2D eigenvalue weighted by molar-refractivity contribution is -0.137. The second-order valence-corrected chi connectivity index (χ2v) is 4.33. The van der Waals surface area contributed by atoms with Crippen molar-refractivity contribution in [1.82, 2.24) is 19.6 Å². The first-order valence-electron chi connectivity index (χ1n) is 6.08. The van der Waals surface area contributed by atoms with Crippen LogP contribution in [0.5, 0.6) is 0 Å². The molecule has 0 radical (unpaired) electrons. The van der Waals surface area contributed by atoms with Crippen molar-refractivity contribution >= 4 is 23.6 Å². The number of carbonyl (C=O) groups excluding carboxylic acids is 1. The summed E-state index contributed by atoms with van der Waals surface area (Å²) in [5.41, 5.74) is 0.0458. The predicted octanol–water partition coefficient (Wildman–Crippen LogP) is 2.70. The summed E-state index contributed by atoms with van der Waals surface area (Å²) in [6.45, 7) is 0. The van der Waals surface area contributed by atoms with E-state index in [-0.39, 0.29) is 11.8 Å².